The smallest absolute Gasteiger partial charge is 0.251 e. The first-order chi connectivity index (χ1) is 10.0. The molecule has 0 aliphatic rings. The van der Waals surface area contributed by atoms with Gasteiger partial charge in [-0.15, -0.1) is 0 Å². The summed E-state index contributed by atoms with van der Waals surface area (Å²) < 4.78 is 1.80. The summed E-state index contributed by atoms with van der Waals surface area (Å²) in [5, 5.41) is 10.4. The molecule has 2 aromatic rings. The lowest BCUT2D eigenvalue weighted by Gasteiger charge is -2.10. The molecule has 0 saturated heterocycles. The van der Waals surface area contributed by atoms with E-state index in [1.807, 2.05) is 46.0 Å². The van der Waals surface area contributed by atoms with E-state index in [0.29, 0.717) is 12.1 Å². The second kappa shape index (κ2) is 6.43. The molecule has 0 spiro atoms. The van der Waals surface area contributed by atoms with Gasteiger partial charge in [0.2, 0.25) is 0 Å². The highest BCUT2D eigenvalue weighted by molar-refractivity contribution is 5.96. The Morgan fingerprint density at radius 2 is 2.10 bits per heavy atom. The van der Waals surface area contributed by atoms with Crippen LogP contribution in [0.1, 0.15) is 34.1 Å². The Labute approximate surface area is 125 Å². The minimum absolute atomic E-state index is 0.0567. The average molecular weight is 286 g/mol. The molecule has 1 aromatic carbocycles. The van der Waals surface area contributed by atoms with E-state index in [9.17, 15) is 4.79 Å². The van der Waals surface area contributed by atoms with Gasteiger partial charge in [0.25, 0.3) is 5.91 Å². The Bertz CT molecular complexity index is 646. The van der Waals surface area contributed by atoms with Gasteiger partial charge in [-0.25, -0.2) is 0 Å². The van der Waals surface area contributed by atoms with Crippen LogP contribution in [-0.4, -0.2) is 22.2 Å². The minimum atomic E-state index is -0.0567. The van der Waals surface area contributed by atoms with Gasteiger partial charge in [0.15, 0.2) is 0 Å². The normalized spacial score (nSPS) is 10.5. The maximum Gasteiger partial charge on any atom is 0.251 e. The number of hydrogen-bond donors (Lipinski definition) is 2. The maximum atomic E-state index is 12.3. The van der Waals surface area contributed by atoms with Crippen LogP contribution < -0.4 is 10.6 Å². The number of hydrogen-bond acceptors (Lipinski definition) is 3. The summed E-state index contributed by atoms with van der Waals surface area (Å²) in [4.78, 5) is 12.3. The van der Waals surface area contributed by atoms with Crippen molar-refractivity contribution in [3.63, 3.8) is 0 Å². The van der Waals surface area contributed by atoms with Crippen LogP contribution in [0.25, 0.3) is 0 Å². The van der Waals surface area contributed by atoms with Gasteiger partial charge in [0.05, 0.1) is 6.20 Å². The molecular formula is C16H22N4O. The van der Waals surface area contributed by atoms with Gasteiger partial charge in [-0.1, -0.05) is 0 Å². The van der Waals surface area contributed by atoms with Crippen LogP contribution in [0.2, 0.25) is 0 Å². The van der Waals surface area contributed by atoms with Gasteiger partial charge in [-0.3, -0.25) is 9.48 Å². The Balaban J connectivity index is 2.05. The highest BCUT2D eigenvalue weighted by atomic mass is 16.1. The fraction of sp³-hybridized carbons (Fsp3) is 0.375. The van der Waals surface area contributed by atoms with Crippen LogP contribution in [0.15, 0.2) is 24.4 Å². The monoisotopic (exact) mass is 286 g/mol. The number of nitrogens with one attached hydrogen (secondary N) is 2. The number of nitrogens with zero attached hydrogens (tertiary/aromatic N) is 2. The SMILES string of the molecule is CCNc1ccc(C(=O)NCc2cnn(C)c2C)c(C)c1. The van der Waals surface area contributed by atoms with E-state index in [0.717, 1.165) is 29.1 Å². The van der Waals surface area contributed by atoms with Crippen molar-refractivity contribution in [1.82, 2.24) is 15.1 Å². The molecule has 0 atom stereocenters. The van der Waals surface area contributed by atoms with E-state index in [1.165, 1.54) is 0 Å². The van der Waals surface area contributed by atoms with E-state index >= 15 is 0 Å². The molecule has 112 valence electrons. The number of anilines is 1. The summed E-state index contributed by atoms with van der Waals surface area (Å²) in [5.74, 6) is -0.0567. The summed E-state index contributed by atoms with van der Waals surface area (Å²) in [7, 11) is 1.89. The number of carbonyl (C=O) groups excluding carboxylic acids is 1. The molecule has 2 rings (SSSR count). The van der Waals surface area contributed by atoms with Crippen LogP contribution in [0.3, 0.4) is 0 Å². The second-order valence-corrected chi connectivity index (χ2v) is 5.12. The van der Waals surface area contributed by atoms with Crippen molar-refractivity contribution in [3.05, 3.63) is 46.8 Å². The van der Waals surface area contributed by atoms with E-state index in [-0.39, 0.29) is 5.91 Å². The van der Waals surface area contributed by atoms with Crippen LogP contribution in [-0.2, 0) is 13.6 Å². The zero-order chi connectivity index (χ0) is 15.4. The first-order valence-electron chi connectivity index (χ1n) is 7.13. The first kappa shape index (κ1) is 15.1. The summed E-state index contributed by atoms with van der Waals surface area (Å²) in [6.07, 6.45) is 1.79. The van der Waals surface area contributed by atoms with E-state index < -0.39 is 0 Å². The van der Waals surface area contributed by atoms with Crippen molar-refractivity contribution >= 4 is 11.6 Å². The van der Waals surface area contributed by atoms with E-state index in [1.54, 1.807) is 10.9 Å². The molecule has 2 N–H and O–H groups in total. The van der Waals surface area contributed by atoms with E-state index in [2.05, 4.69) is 15.7 Å². The lowest BCUT2D eigenvalue weighted by atomic mass is 10.1. The summed E-state index contributed by atoms with van der Waals surface area (Å²) in [6, 6.07) is 5.78. The molecule has 0 fully saturated rings. The number of aryl methyl sites for hydroxylation is 2. The first-order valence-corrected chi connectivity index (χ1v) is 7.13. The lowest BCUT2D eigenvalue weighted by molar-refractivity contribution is 0.0950. The van der Waals surface area contributed by atoms with Gasteiger partial charge in [0.1, 0.15) is 0 Å². The number of carbonyl (C=O) groups is 1. The summed E-state index contributed by atoms with van der Waals surface area (Å²) in [5.41, 5.74) is 4.81. The predicted molar refractivity (Wildman–Crippen MR) is 84.5 cm³/mol. The Morgan fingerprint density at radius 3 is 2.67 bits per heavy atom. The van der Waals surface area contributed by atoms with Gasteiger partial charge in [0, 0.05) is 42.6 Å². The second-order valence-electron chi connectivity index (χ2n) is 5.12. The van der Waals surface area contributed by atoms with E-state index in [4.69, 9.17) is 0 Å². The van der Waals surface area contributed by atoms with Gasteiger partial charge < -0.3 is 10.6 Å². The third kappa shape index (κ3) is 3.42. The standard InChI is InChI=1S/C16H22N4O/c1-5-17-14-6-7-15(11(2)8-14)16(21)18-9-13-10-19-20(4)12(13)3/h6-8,10,17H,5,9H2,1-4H3,(H,18,21). The molecule has 0 unspecified atom stereocenters. The lowest BCUT2D eigenvalue weighted by Crippen LogP contribution is -2.23. The molecule has 1 amide bonds. The molecule has 1 aromatic heterocycles. The molecule has 1 heterocycles. The average Bonchev–Trinajstić information content (AvgIpc) is 2.77. The Hall–Kier alpha value is -2.30. The van der Waals surface area contributed by atoms with Crippen molar-refractivity contribution in [2.24, 2.45) is 7.05 Å². The van der Waals surface area contributed by atoms with Gasteiger partial charge in [-0.2, -0.15) is 5.10 Å². The predicted octanol–water partition coefficient (Wildman–Crippen LogP) is 2.40. The molecule has 0 saturated carbocycles. The zero-order valence-corrected chi connectivity index (χ0v) is 13.0. The molecule has 0 radical (unpaired) electrons. The molecule has 21 heavy (non-hydrogen) atoms. The fourth-order valence-electron chi connectivity index (χ4n) is 2.22. The highest BCUT2D eigenvalue weighted by Gasteiger charge is 2.11. The largest absolute Gasteiger partial charge is 0.385 e. The molecular weight excluding hydrogens is 264 g/mol. The Morgan fingerprint density at radius 1 is 1.33 bits per heavy atom. The molecule has 0 bridgehead atoms. The van der Waals surface area contributed by atoms with Crippen molar-refractivity contribution in [1.29, 1.82) is 0 Å². The molecule has 5 nitrogen and oxygen atoms in total. The maximum absolute atomic E-state index is 12.3. The molecule has 0 aliphatic carbocycles. The van der Waals surface area contributed by atoms with Crippen LogP contribution >= 0.6 is 0 Å². The topological polar surface area (TPSA) is 59.0 Å². The zero-order valence-electron chi connectivity index (χ0n) is 13.0. The number of amides is 1. The van der Waals surface area contributed by atoms with Crippen LogP contribution in [0.5, 0.6) is 0 Å². The number of aromatic nitrogens is 2. The number of rotatable bonds is 5. The molecule has 0 aliphatic heterocycles. The minimum Gasteiger partial charge on any atom is -0.385 e. The third-order valence-electron chi connectivity index (χ3n) is 3.63. The van der Waals surface area contributed by atoms with Crippen molar-refractivity contribution < 1.29 is 4.79 Å². The van der Waals surface area contributed by atoms with Gasteiger partial charge >= 0.3 is 0 Å². The quantitative estimate of drug-likeness (QED) is 0.887. The van der Waals surface area contributed by atoms with Crippen molar-refractivity contribution in [2.45, 2.75) is 27.3 Å². The van der Waals surface area contributed by atoms with Crippen LogP contribution in [0, 0.1) is 13.8 Å². The van der Waals surface area contributed by atoms with Crippen LogP contribution in [0.4, 0.5) is 5.69 Å². The molecule has 5 heteroatoms. The number of benzene rings is 1. The fourth-order valence-corrected chi connectivity index (χ4v) is 2.22. The Kier molecular flexibility index (Phi) is 4.62. The van der Waals surface area contributed by atoms with Crippen molar-refractivity contribution in [3.8, 4) is 0 Å². The third-order valence-corrected chi connectivity index (χ3v) is 3.63. The summed E-state index contributed by atoms with van der Waals surface area (Å²) >= 11 is 0. The van der Waals surface area contributed by atoms with Crippen molar-refractivity contribution in [2.75, 3.05) is 11.9 Å². The highest BCUT2D eigenvalue weighted by Crippen LogP contribution is 2.15. The summed E-state index contributed by atoms with van der Waals surface area (Å²) in [6.45, 7) is 7.35. The van der Waals surface area contributed by atoms with Gasteiger partial charge in [-0.05, 0) is 44.5 Å².